The Morgan fingerprint density at radius 2 is 1.83 bits per heavy atom. The maximum absolute atomic E-state index is 10.9. The van der Waals surface area contributed by atoms with Crippen LogP contribution in [0.25, 0.3) is 0 Å². The molecule has 0 aromatic heterocycles. The van der Waals surface area contributed by atoms with Crippen LogP contribution in [0.3, 0.4) is 0 Å². The van der Waals surface area contributed by atoms with E-state index in [0.29, 0.717) is 10.8 Å². The molecular weight excluding hydrogens is 310 g/mol. The molecule has 6 heteroatoms. The van der Waals surface area contributed by atoms with Gasteiger partial charge in [0.15, 0.2) is 5.11 Å². The van der Waals surface area contributed by atoms with Crippen molar-refractivity contribution in [1.82, 2.24) is 5.43 Å². The van der Waals surface area contributed by atoms with Crippen LogP contribution >= 0.6 is 12.2 Å². The third-order valence-electron chi connectivity index (χ3n) is 3.16. The molecule has 0 amide bonds. The summed E-state index contributed by atoms with van der Waals surface area (Å²) in [7, 11) is 0. The fraction of sp³-hybridized carbons (Fsp3) is 0.118. The zero-order valence-corrected chi connectivity index (χ0v) is 13.6. The molecule has 0 aliphatic rings. The zero-order valence-electron chi connectivity index (χ0n) is 12.8. The summed E-state index contributed by atoms with van der Waals surface area (Å²) < 4.78 is 0. The number of hydrogen-bond acceptors (Lipinski definition) is 3. The number of anilines is 1. The summed E-state index contributed by atoms with van der Waals surface area (Å²) in [5.74, 6) is -0.985. The Morgan fingerprint density at radius 3 is 2.48 bits per heavy atom. The number of aromatic carboxylic acids is 1. The standard InChI is InChI=1S/C17H17N3O2S/c1-11-6-8-13(9-7-11)12(2)19-20-17(23)18-15-5-3-4-14(10-15)16(21)22/h3-10H,1-2H3,(H,21,22)(H2,18,20,23)/b19-12+. The highest BCUT2D eigenvalue weighted by molar-refractivity contribution is 7.80. The monoisotopic (exact) mass is 327 g/mol. The molecule has 2 aromatic carbocycles. The lowest BCUT2D eigenvalue weighted by Crippen LogP contribution is -2.25. The highest BCUT2D eigenvalue weighted by atomic mass is 32.1. The second kappa shape index (κ2) is 7.51. The van der Waals surface area contributed by atoms with E-state index < -0.39 is 5.97 Å². The van der Waals surface area contributed by atoms with Crippen LogP contribution in [0.5, 0.6) is 0 Å². The molecule has 3 N–H and O–H groups in total. The lowest BCUT2D eigenvalue weighted by molar-refractivity contribution is 0.0697. The molecule has 0 saturated heterocycles. The summed E-state index contributed by atoms with van der Waals surface area (Å²) in [5.41, 5.74) is 6.52. The molecule has 0 fully saturated rings. The first-order valence-corrected chi connectivity index (χ1v) is 7.38. The largest absolute Gasteiger partial charge is 0.478 e. The predicted molar refractivity (Wildman–Crippen MR) is 96.1 cm³/mol. The van der Waals surface area contributed by atoms with Gasteiger partial charge in [0, 0.05) is 5.69 Å². The number of carboxylic acid groups (broad SMARTS) is 1. The van der Waals surface area contributed by atoms with Gasteiger partial charge in [0.05, 0.1) is 11.3 Å². The maximum atomic E-state index is 10.9. The van der Waals surface area contributed by atoms with Gasteiger partial charge in [-0.1, -0.05) is 35.9 Å². The molecule has 0 aliphatic carbocycles. The van der Waals surface area contributed by atoms with E-state index in [0.717, 1.165) is 11.3 Å². The number of nitrogens with zero attached hydrogens (tertiary/aromatic N) is 1. The Bertz CT molecular complexity index is 755. The number of hydrazone groups is 1. The van der Waals surface area contributed by atoms with E-state index in [9.17, 15) is 4.79 Å². The maximum Gasteiger partial charge on any atom is 0.335 e. The number of nitrogens with one attached hydrogen (secondary N) is 2. The van der Waals surface area contributed by atoms with E-state index in [-0.39, 0.29) is 5.56 Å². The van der Waals surface area contributed by atoms with Crippen molar-refractivity contribution in [2.75, 3.05) is 5.32 Å². The van der Waals surface area contributed by atoms with Gasteiger partial charge in [-0.15, -0.1) is 0 Å². The molecule has 5 nitrogen and oxygen atoms in total. The number of aryl methyl sites for hydroxylation is 1. The van der Waals surface area contributed by atoms with Crippen molar-refractivity contribution in [3.8, 4) is 0 Å². The summed E-state index contributed by atoms with van der Waals surface area (Å²) in [5, 5.41) is 16.4. The van der Waals surface area contributed by atoms with Crippen LogP contribution in [0.1, 0.15) is 28.4 Å². The summed E-state index contributed by atoms with van der Waals surface area (Å²) in [6.45, 7) is 3.91. The van der Waals surface area contributed by atoms with Gasteiger partial charge in [0.1, 0.15) is 0 Å². The highest BCUT2D eigenvalue weighted by Crippen LogP contribution is 2.10. The predicted octanol–water partition coefficient (Wildman–Crippen LogP) is 3.40. The van der Waals surface area contributed by atoms with Gasteiger partial charge in [-0.05, 0) is 49.8 Å². The Hall–Kier alpha value is -2.73. The van der Waals surface area contributed by atoms with Crippen molar-refractivity contribution < 1.29 is 9.90 Å². The normalized spacial score (nSPS) is 11.0. The highest BCUT2D eigenvalue weighted by Gasteiger charge is 2.04. The van der Waals surface area contributed by atoms with Crippen molar-refractivity contribution >= 4 is 34.7 Å². The first-order chi connectivity index (χ1) is 11.0. The second-order valence-electron chi connectivity index (χ2n) is 5.02. The Kier molecular flexibility index (Phi) is 5.43. The molecule has 118 valence electrons. The number of thiocarbonyl (C=S) groups is 1. The molecule has 23 heavy (non-hydrogen) atoms. The van der Waals surface area contributed by atoms with Crippen LogP contribution in [0.4, 0.5) is 5.69 Å². The SMILES string of the molecule is C/C(=N\NC(=S)Nc1cccc(C(=O)O)c1)c1ccc(C)cc1. The average molecular weight is 327 g/mol. The molecule has 0 saturated carbocycles. The van der Waals surface area contributed by atoms with E-state index in [2.05, 4.69) is 15.8 Å². The van der Waals surface area contributed by atoms with Crippen molar-refractivity contribution in [3.05, 3.63) is 65.2 Å². The zero-order chi connectivity index (χ0) is 16.8. The molecule has 0 unspecified atom stereocenters. The molecule has 0 atom stereocenters. The molecule has 0 spiro atoms. The number of carboxylic acids is 1. The third kappa shape index (κ3) is 4.89. The van der Waals surface area contributed by atoms with Crippen molar-refractivity contribution in [1.29, 1.82) is 0 Å². The van der Waals surface area contributed by atoms with E-state index in [4.69, 9.17) is 17.3 Å². The molecular formula is C17H17N3O2S. The number of benzene rings is 2. The first-order valence-electron chi connectivity index (χ1n) is 6.97. The molecule has 0 aliphatic heterocycles. The summed E-state index contributed by atoms with van der Waals surface area (Å²) >= 11 is 5.16. The number of hydrogen-bond donors (Lipinski definition) is 3. The lowest BCUT2D eigenvalue weighted by Gasteiger charge is -2.09. The molecule has 2 rings (SSSR count). The van der Waals surface area contributed by atoms with Gasteiger partial charge in [-0.25, -0.2) is 4.79 Å². The van der Waals surface area contributed by atoms with E-state index in [1.165, 1.54) is 17.7 Å². The van der Waals surface area contributed by atoms with E-state index in [1.807, 2.05) is 38.1 Å². The van der Waals surface area contributed by atoms with Gasteiger partial charge in [0.2, 0.25) is 0 Å². The quantitative estimate of drug-likeness (QED) is 0.456. The Labute approximate surface area is 140 Å². The van der Waals surface area contributed by atoms with Crippen LogP contribution in [-0.2, 0) is 0 Å². The van der Waals surface area contributed by atoms with Crippen LogP contribution in [0.15, 0.2) is 53.6 Å². The molecule has 2 aromatic rings. The topological polar surface area (TPSA) is 73.7 Å². The van der Waals surface area contributed by atoms with E-state index in [1.54, 1.807) is 12.1 Å². The van der Waals surface area contributed by atoms with Crippen molar-refractivity contribution in [2.45, 2.75) is 13.8 Å². The van der Waals surface area contributed by atoms with Gasteiger partial charge in [0.25, 0.3) is 0 Å². The molecule has 0 radical (unpaired) electrons. The Balaban J connectivity index is 1.99. The van der Waals surface area contributed by atoms with Gasteiger partial charge >= 0.3 is 5.97 Å². The molecule has 0 heterocycles. The van der Waals surface area contributed by atoms with Gasteiger partial charge in [-0.2, -0.15) is 5.10 Å². The summed E-state index contributed by atoms with van der Waals surface area (Å²) in [6, 6.07) is 14.4. The van der Waals surface area contributed by atoms with Crippen LogP contribution < -0.4 is 10.7 Å². The second-order valence-corrected chi connectivity index (χ2v) is 5.42. The van der Waals surface area contributed by atoms with Gasteiger partial charge < -0.3 is 10.4 Å². The smallest absolute Gasteiger partial charge is 0.335 e. The van der Waals surface area contributed by atoms with Gasteiger partial charge in [-0.3, -0.25) is 5.43 Å². The molecule has 0 bridgehead atoms. The minimum absolute atomic E-state index is 0.192. The third-order valence-corrected chi connectivity index (χ3v) is 3.36. The lowest BCUT2D eigenvalue weighted by atomic mass is 10.1. The van der Waals surface area contributed by atoms with Crippen LogP contribution in [0.2, 0.25) is 0 Å². The minimum atomic E-state index is -0.985. The van der Waals surface area contributed by atoms with Crippen LogP contribution in [0, 0.1) is 6.92 Å². The van der Waals surface area contributed by atoms with Crippen molar-refractivity contribution in [2.24, 2.45) is 5.10 Å². The number of carbonyl (C=O) groups is 1. The Morgan fingerprint density at radius 1 is 1.13 bits per heavy atom. The summed E-state index contributed by atoms with van der Waals surface area (Å²) in [6.07, 6.45) is 0. The fourth-order valence-electron chi connectivity index (χ4n) is 1.88. The number of rotatable bonds is 4. The first kappa shape index (κ1) is 16.6. The van der Waals surface area contributed by atoms with Crippen LogP contribution in [-0.4, -0.2) is 21.9 Å². The van der Waals surface area contributed by atoms with E-state index >= 15 is 0 Å². The minimum Gasteiger partial charge on any atom is -0.478 e. The van der Waals surface area contributed by atoms with Crippen molar-refractivity contribution in [3.63, 3.8) is 0 Å². The fourth-order valence-corrected chi connectivity index (χ4v) is 2.05. The summed E-state index contributed by atoms with van der Waals surface area (Å²) in [4.78, 5) is 10.9. The average Bonchev–Trinajstić information content (AvgIpc) is 2.53.